The fraction of sp³-hybridized carbons (Fsp3) is 0.294. The molecule has 0 aliphatic carbocycles. The first-order valence-electron chi connectivity index (χ1n) is 6.85. The molecule has 3 N–H and O–H groups in total. The summed E-state index contributed by atoms with van der Waals surface area (Å²) in [5, 5.41) is 0. The number of halogens is 1. The highest BCUT2D eigenvalue weighted by Gasteiger charge is 2.22. The van der Waals surface area contributed by atoms with E-state index in [2.05, 4.69) is 60.3 Å². The van der Waals surface area contributed by atoms with E-state index in [4.69, 9.17) is 10.6 Å². The first-order chi connectivity index (χ1) is 9.99. The van der Waals surface area contributed by atoms with Gasteiger partial charge < -0.3 is 4.74 Å². The van der Waals surface area contributed by atoms with Crippen LogP contribution in [-0.4, -0.2) is 7.11 Å². The minimum atomic E-state index is -0.130. The van der Waals surface area contributed by atoms with Gasteiger partial charge in [-0.25, -0.2) is 5.43 Å². The summed E-state index contributed by atoms with van der Waals surface area (Å²) in [7, 11) is 1.69. The van der Waals surface area contributed by atoms with Gasteiger partial charge in [-0.2, -0.15) is 0 Å². The van der Waals surface area contributed by atoms with E-state index in [1.807, 2.05) is 12.1 Å². The molecule has 0 fully saturated rings. The molecule has 4 heteroatoms. The molecule has 2 aromatic carbocycles. The lowest BCUT2D eigenvalue weighted by molar-refractivity contribution is 0.403. The van der Waals surface area contributed by atoms with E-state index in [1.54, 1.807) is 7.11 Å². The van der Waals surface area contributed by atoms with Crippen LogP contribution in [0.15, 0.2) is 34.8 Å². The summed E-state index contributed by atoms with van der Waals surface area (Å²) in [6, 6.07) is 10.2. The maximum atomic E-state index is 5.86. The van der Waals surface area contributed by atoms with Crippen LogP contribution in [0.4, 0.5) is 0 Å². The monoisotopic (exact) mass is 348 g/mol. The number of hydrogen-bond acceptors (Lipinski definition) is 3. The molecule has 0 aromatic heterocycles. The lowest BCUT2D eigenvalue weighted by Crippen LogP contribution is -2.30. The predicted octanol–water partition coefficient (Wildman–Crippen LogP) is 3.94. The molecule has 0 aliphatic heterocycles. The van der Waals surface area contributed by atoms with Gasteiger partial charge in [0.05, 0.1) is 13.2 Å². The molecule has 2 rings (SSSR count). The quantitative estimate of drug-likeness (QED) is 0.649. The van der Waals surface area contributed by atoms with E-state index in [9.17, 15) is 0 Å². The van der Waals surface area contributed by atoms with Crippen LogP contribution in [0.3, 0.4) is 0 Å². The summed E-state index contributed by atoms with van der Waals surface area (Å²) in [6.07, 6.45) is 0. The van der Waals surface area contributed by atoms with Gasteiger partial charge in [0.25, 0.3) is 0 Å². The Hall–Kier alpha value is -1.36. The standard InChI is InChI=1S/C17H21BrN2O/c1-10-8-12(3)15(14(9-10)21-4)17(20-19)13-7-5-6-11(2)16(13)18/h5-9,17,20H,19H2,1-4H3. The first-order valence-corrected chi connectivity index (χ1v) is 7.65. The molecule has 112 valence electrons. The highest BCUT2D eigenvalue weighted by atomic mass is 79.9. The second kappa shape index (κ2) is 6.60. The Bertz CT molecular complexity index is 655. The third kappa shape index (κ3) is 3.12. The summed E-state index contributed by atoms with van der Waals surface area (Å²) < 4.78 is 6.64. The topological polar surface area (TPSA) is 47.3 Å². The van der Waals surface area contributed by atoms with Crippen molar-refractivity contribution in [2.45, 2.75) is 26.8 Å². The molecule has 0 saturated heterocycles. The molecule has 1 atom stereocenters. The Balaban J connectivity index is 2.64. The largest absolute Gasteiger partial charge is 0.496 e. The summed E-state index contributed by atoms with van der Waals surface area (Å²) >= 11 is 3.67. The van der Waals surface area contributed by atoms with Crippen LogP contribution in [0.5, 0.6) is 5.75 Å². The Morgan fingerprint density at radius 3 is 2.48 bits per heavy atom. The predicted molar refractivity (Wildman–Crippen MR) is 90.5 cm³/mol. The molecule has 0 bridgehead atoms. The van der Waals surface area contributed by atoms with Crippen molar-refractivity contribution in [3.63, 3.8) is 0 Å². The van der Waals surface area contributed by atoms with Crippen LogP contribution in [0.25, 0.3) is 0 Å². The zero-order chi connectivity index (χ0) is 15.6. The van der Waals surface area contributed by atoms with E-state index >= 15 is 0 Å². The molecule has 2 aromatic rings. The van der Waals surface area contributed by atoms with E-state index in [1.165, 1.54) is 11.1 Å². The van der Waals surface area contributed by atoms with Gasteiger partial charge in [0, 0.05) is 10.0 Å². The molecule has 3 nitrogen and oxygen atoms in total. The van der Waals surface area contributed by atoms with Crippen molar-refractivity contribution in [1.29, 1.82) is 0 Å². The SMILES string of the molecule is COc1cc(C)cc(C)c1C(NN)c1cccc(C)c1Br. The Morgan fingerprint density at radius 1 is 1.14 bits per heavy atom. The second-order valence-corrected chi connectivity index (χ2v) is 6.07. The van der Waals surface area contributed by atoms with Crippen LogP contribution in [0, 0.1) is 20.8 Å². The number of aryl methyl sites for hydroxylation is 3. The highest BCUT2D eigenvalue weighted by Crippen LogP contribution is 2.37. The van der Waals surface area contributed by atoms with Gasteiger partial charge >= 0.3 is 0 Å². The molecule has 1 unspecified atom stereocenters. The van der Waals surface area contributed by atoms with Crippen molar-refractivity contribution in [2.24, 2.45) is 5.84 Å². The van der Waals surface area contributed by atoms with Crippen LogP contribution < -0.4 is 16.0 Å². The summed E-state index contributed by atoms with van der Waals surface area (Å²) in [4.78, 5) is 0. The molecule has 0 heterocycles. The van der Waals surface area contributed by atoms with Gasteiger partial charge in [0.15, 0.2) is 0 Å². The van der Waals surface area contributed by atoms with Gasteiger partial charge in [-0.05, 0) is 49.1 Å². The second-order valence-electron chi connectivity index (χ2n) is 5.28. The van der Waals surface area contributed by atoms with Crippen molar-refractivity contribution >= 4 is 15.9 Å². The van der Waals surface area contributed by atoms with E-state index in [0.29, 0.717) is 0 Å². The molecular formula is C17H21BrN2O. The van der Waals surface area contributed by atoms with Crippen molar-refractivity contribution in [2.75, 3.05) is 7.11 Å². The fourth-order valence-electron chi connectivity index (χ4n) is 2.70. The normalized spacial score (nSPS) is 12.3. The van der Waals surface area contributed by atoms with Crippen LogP contribution in [0.1, 0.15) is 33.9 Å². The number of hydrazine groups is 1. The van der Waals surface area contributed by atoms with Crippen molar-refractivity contribution in [1.82, 2.24) is 5.43 Å². The van der Waals surface area contributed by atoms with Crippen molar-refractivity contribution in [3.05, 3.63) is 62.6 Å². The number of rotatable bonds is 4. The molecular weight excluding hydrogens is 328 g/mol. The van der Waals surface area contributed by atoms with Crippen molar-refractivity contribution < 1.29 is 4.74 Å². The van der Waals surface area contributed by atoms with Crippen LogP contribution >= 0.6 is 15.9 Å². The maximum absolute atomic E-state index is 5.86. The van der Waals surface area contributed by atoms with Gasteiger partial charge in [-0.15, -0.1) is 0 Å². The zero-order valence-corrected chi connectivity index (χ0v) is 14.4. The lowest BCUT2D eigenvalue weighted by Gasteiger charge is -2.24. The Morgan fingerprint density at radius 2 is 1.86 bits per heavy atom. The smallest absolute Gasteiger partial charge is 0.124 e. The molecule has 0 amide bonds. The molecule has 0 aliphatic rings. The van der Waals surface area contributed by atoms with E-state index in [0.717, 1.165) is 26.9 Å². The number of nitrogens with one attached hydrogen (secondary N) is 1. The number of ether oxygens (including phenoxy) is 1. The number of methoxy groups -OCH3 is 1. The van der Waals surface area contributed by atoms with E-state index in [-0.39, 0.29) is 6.04 Å². The average Bonchev–Trinajstić information content (AvgIpc) is 2.45. The number of hydrogen-bond donors (Lipinski definition) is 2. The molecule has 0 saturated carbocycles. The third-order valence-electron chi connectivity index (χ3n) is 3.70. The summed E-state index contributed by atoms with van der Waals surface area (Å²) in [5.41, 5.74) is 8.60. The van der Waals surface area contributed by atoms with E-state index < -0.39 is 0 Å². The average molecular weight is 349 g/mol. The van der Waals surface area contributed by atoms with Gasteiger partial charge in [0.1, 0.15) is 5.75 Å². The minimum Gasteiger partial charge on any atom is -0.496 e. The molecule has 21 heavy (non-hydrogen) atoms. The summed E-state index contributed by atoms with van der Waals surface area (Å²) in [5.74, 6) is 6.71. The van der Waals surface area contributed by atoms with Crippen LogP contribution in [-0.2, 0) is 0 Å². The minimum absolute atomic E-state index is 0.130. The molecule has 0 radical (unpaired) electrons. The van der Waals surface area contributed by atoms with Gasteiger partial charge in [0.2, 0.25) is 0 Å². The Kier molecular flexibility index (Phi) is 5.04. The highest BCUT2D eigenvalue weighted by molar-refractivity contribution is 9.10. The zero-order valence-electron chi connectivity index (χ0n) is 12.8. The van der Waals surface area contributed by atoms with Gasteiger partial charge in [-0.1, -0.05) is 40.2 Å². The van der Waals surface area contributed by atoms with Crippen LogP contribution in [0.2, 0.25) is 0 Å². The van der Waals surface area contributed by atoms with Crippen molar-refractivity contribution in [3.8, 4) is 5.75 Å². The lowest BCUT2D eigenvalue weighted by atomic mass is 9.92. The fourth-order valence-corrected chi connectivity index (χ4v) is 3.19. The maximum Gasteiger partial charge on any atom is 0.124 e. The first kappa shape index (κ1) is 16.0. The van der Waals surface area contributed by atoms with Gasteiger partial charge in [-0.3, -0.25) is 5.84 Å². The summed E-state index contributed by atoms with van der Waals surface area (Å²) in [6.45, 7) is 6.21. The Labute approximate surface area is 134 Å². The number of benzene rings is 2. The number of nitrogens with two attached hydrogens (primary N) is 1. The molecule has 0 spiro atoms. The third-order valence-corrected chi connectivity index (χ3v) is 4.78.